The van der Waals surface area contributed by atoms with Crippen LogP contribution >= 0.6 is 0 Å². The van der Waals surface area contributed by atoms with Gasteiger partial charge in [0, 0.05) is 18.6 Å². The summed E-state index contributed by atoms with van der Waals surface area (Å²) >= 11 is 0. The molecule has 3 heterocycles. The second-order valence-electron chi connectivity index (χ2n) is 5.07. The lowest BCUT2D eigenvalue weighted by Gasteiger charge is -2.05. The molecule has 0 saturated heterocycles. The van der Waals surface area contributed by atoms with Crippen molar-refractivity contribution in [1.29, 1.82) is 0 Å². The molecule has 0 aliphatic rings. The molecule has 0 bridgehead atoms. The van der Waals surface area contributed by atoms with Gasteiger partial charge in [0.25, 0.3) is 5.91 Å². The lowest BCUT2D eigenvalue weighted by Crippen LogP contribution is -2.13. The Kier molecular flexibility index (Phi) is 2.97. The van der Waals surface area contributed by atoms with Gasteiger partial charge in [-0.3, -0.25) is 14.6 Å². The summed E-state index contributed by atoms with van der Waals surface area (Å²) in [7, 11) is 1.83. The number of hydrogen-bond donors (Lipinski definition) is 2. The first kappa shape index (κ1) is 13.3. The minimum atomic E-state index is -0.208. The zero-order chi connectivity index (χ0) is 15.1. The molecule has 1 amide bonds. The summed E-state index contributed by atoms with van der Waals surface area (Å²) in [5, 5.41) is 15.0. The maximum atomic E-state index is 12.4. The number of carbonyl (C=O) groups is 1. The van der Waals surface area contributed by atoms with E-state index in [0.717, 1.165) is 28.1 Å². The zero-order valence-corrected chi connectivity index (χ0v) is 12.4. The van der Waals surface area contributed by atoms with Crippen LogP contribution in [0.1, 0.15) is 27.4 Å². The Labute approximate surface area is 121 Å². The molecule has 7 heteroatoms. The fourth-order valence-corrected chi connectivity index (χ4v) is 2.35. The molecule has 21 heavy (non-hydrogen) atoms. The molecular weight excluding hydrogens is 268 g/mol. The first-order chi connectivity index (χ1) is 9.97. The standard InChI is InChI=1S/C14H16N6O/c1-7-11-5-10(6-15-13(11)20(4)19-7)14(21)16-12-8(2)17-18-9(12)3/h5-6H,1-4H3,(H,16,21)(H,17,18). The van der Waals surface area contributed by atoms with Crippen LogP contribution in [-0.2, 0) is 7.05 Å². The molecule has 3 rings (SSSR count). The van der Waals surface area contributed by atoms with Crippen molar-refractivity contribution in [3.8, 4) is 0 Å². The molecule has 108 valence electrons. The predicted octanol–water partition coefficient (Wildman–Crippen LogP) is 1.87. The molecule has 0 saturated carbocycles. The highest BCUT2D eigenvalue weighted by Crippen LogP contribution is 2.20. The third-order valence-electron chi connectivity index (χ3n) is 3.49. The van der Waals surface area contributed by atoms with E-state index in [9.17, 15) is 4.79 Å². The van der Waals surface area contributed by atoms with Gasteiger partial charge in [0.2, 0.25) is 0 Å². The number of H-pyrrole nitrogens is 1. The lowest BCUT2D eigenvalue weighted by atomic mass is 10.2. The summed E-state index contributed by atoms with van der Waals surface area (Å²) in [6.45, 7) is 5.60. The van der Waals surface area contributed by atoms with Crippen LogP contribution in [0.4, 0.5) is 5.69 Å². The van der Waals surface area contributed by atoms with Crippen LogP contribution in [-0.4, -0.2) is 30.9 Å². The Morgan fingerprint density at radius 1 is 1.29 bits per heavy atom. The number of pyridine rings is 1. The van der Waals surface area contributed by atoms with Gasteiger partial charge in [-0.25, -0.2) is 4.98 Å². The number of fused-ring (bicyclic) bond motifs is 1. The van der Waals surface area contributed by atoms with E-state index < -0.39 is 0 Å². The third-order valence-corrected chi connectivity index (χ3v) is 3.49. The summed E-state index contributed by atoms with van der Waals surface area (Å²) in [4.78, 5) is 16.7. The largest absolute Gasteiger partial charge is 0.319 e. The topological polar surface area (TPSA) is 88.5 Å². The summed E-state index contributed by atoms with van der Waals surface area (Å²) in [6.07, 6.45) is 1.56. The monoisotopic (exact) mass is 284 g/mol. The van der Waals surface area contributed by atoms with E-state index in [4.69, 9.17) is 0 Å². The maximum Gasteiger partial charge on any atom is 0.257 e. The molecule has 0 fully saturated rings. The van der Waals surface area contributed by atoms with Crippen LogP contribution in [0.3, 0.4) is 0 Å². The maximum absolute atomic E-state index is 12.4. The number of nitrogens with zero attached hydrogens (tertiary/aromatic N) is 4. The Balaban J connectivity index is 1.97. The van der Waals surface area contributed by atoms with Crippen LogP contribution in [0, 0.1) is 20.8 Å². The minimum absolute atomic E-state index is 0.208. The summed E-state index contributed by atoms with van der Waals surface area (Å²) in [5.74, 6) is -0.208. The van der Waals surface area contributed by atoms with E-state index in [1.165, 1.54) is 0 Å². The molecule has 0 unspecified atom stereocenters. The normalized spacial score (nSPS) is 11.0. The van der Waals surface area contributed by atoms with Crippen molar-refractivity contribution in [1.82, 2.24) is 25.0 Å². The highest BCUT2D eigenvalue weighted by atomic mass is 16.1. The average Bonchev–Trinajstić information content (AvgIpc) is 2.92. The van der Waals surface area contributed by atoms with E-state index in [0.29, 0.717) is 11.3 Å². The smallest absolute Gasteiger partial charge is 0.257 e. The molecular formula is C14H16N6O. The van der Waals surface area contributed by atoms with E-state index in [1.807, 2.05) is 33.9 Å². The second kappa shape index (κ2) is 4.69. The van der Waals surface area contributed by atoms with Crippen molar-refractivity contribution < 1.29 is 4.79 Å². The molecule has 0 aliphatic carbocycles. The molecule has 0 aromatic carbocycles. The van der Waals surface area contributed by atoms with Gasteiger partial charge < -0.3 is 5.32 Å². The van der Waals surface area contributed by atoms with Gasteiger partial charge >= 0.3 is 0 Å². The molecule has 2 N–H and O–H groups in total. The Morgan fingerprint density at radius 2 is 2.05 bits per heavy atom. The molecule has 0 radical (unpaired) electrons. The number of aromatic nitrogens is 5. The van der Waals surface area contributed by atoms with Crippen molar-refractivity contribution in [2.75, 3.05) is 5.32 Å². The number of anilines is 1. The fourth-order valence-electron chi connectivity index (χ4n) is 2.35. The van der Waals surface area contributed by atoms with Crippen molar-refractivity contribution >= 4 is 22.6 Å². The van der Waals surface area contributed by atoms with Crippen LogP contribution in [0.25, 0.3) is 11.0 Å². The zero-order valence-electron chi connectivity index (χ0n) is 12.4. The predicted molar refractivity (Wildman–Crippen MR) is 79.3 cm³/mol. The van der Waals surface area contributed by atoms with E-state index in [1.54, 1.807) is 10.9 Å². The number of hydrogen-bond acceptors (Lipinski definition) is 4. The van der Waals surface area contributed by atoms with Gasteiger partial charge in [-0.2, -0.15) is 10.2 Å². The summed E-state index contributed by atoms with van der Waals surface area (Å²) in [5.41, 5.74) is 4.41. The average molecular weight is 284 g/mol. The van der Waals surface area contributed by atoms with E-state index in [2.05, 4.69) is 25.6 Å². The number of nitrogens with one attached hydrogen (secondary N) is 2. The Bertz CT molecular complexity index is 825. The quantitative estimate of drug-likeness (QED) is 0.752. The van der Waals surface area contributed by atoms with Crippen LogP contribution in [0.5, 0.6) is 0 Å². The van der Waals surface area contributed by atoms with Crippen molar-refractivity contribution in [3.63, 3.8) is 0 Å². The third kappa shape index (κ3) is 2.16. The first-order valence-corrected chi connectivity index (χ1v) is 6.59. The van der Waals surface area contributed by atoms with E-state index >= 15 is 0 Å². The number of aryl methyl sites for hydroxylation is 4. The van der Waals surface area contributed by atoms with Gasteiger partial charge in [-0.1, -0.05) is 0 Å². The summed E-state index contributed by atoms with van der Waals surface area (Å²) in [6, 6.07) is 1.81. The van der Waals surface area contributed by atoms with Crippen molar-refractivity contribution in [2.24, 2.45) is 7.05 Å². The van der Waals surface area contributed by atoms with Crippen LogP contribution in [0.2, 0.25) is 0 Å². The molecule has 0 atom stereocenters. The Hall–Kier alpha value is -2.70. The molecule has 7 nitrogen and oxygen atoms in total. The van der Waals surface area contributed by atoms with E-state index in [-0.39, 0.29) is 5.91 Å². The van der Waals surface area contributed by atoms with Crippen LogP contribution in [0.15, 0.2) is 12.3 Å². The SMILES string of the molecule is Cc1n[nH]c(C)c1NC(=O)c1cnc2c(c1)c(C)nn2C. The van der Waals surface area contributed by atoms with Gasteiger partial charge in [0.1, 0.15) is 0 Å². The van der Waals surface area contributed by atoms with Gasteiger partial charge in [0.05, 0.1) is 28.3 Å². The molecule has 3 aromatic rings. The molecule has 3 aromatic heterocycles. The number of aromatic amines is 1. The fraction of sp³-hybridized carbons (Fsp3) is 0.286. The van der Waals surface area contributed by atoms with Gasteiger partial charge in [-0.15, -0.1) is 0 Å². The van der Waals surface area contributed by atoms with Gasteiger partial charge in [0.15, 0.2) is 5.65 Å². The highest BCUT2D eigenvalue weighted by Gasteiger charge is 2.14. The number of rotatable bonds is 2. The van der Waals surface area contributed by atoms with Gasteiger partial charge in [-0.05, 0) is 26.8 Å². The van der Waals surface area contributed by atoms with Crippen molar-refractivity contribution in [3.05, 3.63) is 34.9 Å². The minimum Gasteiger partial charge on any atom is -0.319 e. The molecule has 0 aliphatic heterocycles. The first-order valence-electron chi connectivity index (χ1n) is 6.59. The number of amides is 1. The highest BCUT2D eigenvalue weighted by molar-refractivity contribution is 6.06. The lowest BCUT2D eigenvalue weighted by molar-refractivity contribution is 0.102. The Morgan fingerprint density at radius 3 is 2.71 bits per heavy atom. The van der Waals surface area contributed by atoms with Crippen molar-refractivity contribution in [2.45, 2.75) is 20.8 Å². The van der Waals surface area contributed by atoms with Crippen LogP contribution < -0.4 is 5.32 Å². The number of carbonyl (C=O) groups excluding carboxylic acids is 1. The molecule has 0 spiro atoms. The summed E-state index contributed by atoms with van der Waals surface area (Å²) < 4.78 is 1.71. The second-order valence-corrected chi connectivity index (χ2v) is 5.07.